The van der Waals surface area contributed by atoms with Gasteiger partial charge in [-0.3, -0.25) is 0 Å². The minimum Gasteiger partial charge on any atom is -0.193 e. The lowest BCUT2D eigenvalue weighted by Gasteiger charge is -2.12. The lowest BCUT2D eigenvalue weighted by molar-refractivity contribution is 1.54. The highest BCUT2D eigenvalue weighted by atomic mass is 14.2. The van der Waals surface area contributed by atoms with Crippen molar-refractivity contribution in [2.24, 2.45) is 0 Å². The molecule has 0 unspecified atom stereocenters. The van der Waals surface area contributed by atoms with Crippen LogP contribution in [0.5, 0.6) is 0 Å². The van der Waals surface area contributed by atoms with Crippen molar-refractivity contribution in [3.63, 3.8) is 0 Å². The highest BCUT2D eigenvalue weighted by molar-refractivity contribution is 6.24. The van der Waals surface area contributed by atoms with Crippen LogP contribution in [0.2, 0.25) is 0 Å². The molecule has 0 saturated carbocycles. The average molecular weight is 253 g/mol. The zero-order chi connectivity index (χ0) is 13.5. The van der Waals surface area contributed by atoms with E-state index in [1.165, 1.54) is 38.4 Å². The van der Waals surface area contributed by atoms with E-state index in [0.29, 0.717) is 0 Å². The molecule has 0 spiro atoms. The van der Waals surface area contributed by atoms with E-state index in [2.05, 4.69) is 60.7 Å². The molecular formula is C19H11N. The van der Waals surface area contributed by atoms with Gasteiger partial charge in [0.1, 0.15) is 0 Å². The number of allylic oxidation sites excluding steroid dienone is 1. The number of hydrogen-bond donors (Lipinski definition) is 0. The van der Waals surface area contributed by atoms with Crippen LogP contribution >= 0.6 is 0 Å². The van der Waals surface area contributed by atoms with E-state index in [9.17, 15) is 0 Å². The maximum atomic E-state index is 8.73. The van der Waals surface area contributed by atoms with Crippen LogP contribution in [-0.2, 0) is 0 Å². The minimum absolute atomic E-state index is 1.09. The Morgan fingerprint density at radius 3 is 2.15 bits per heavy atom. The molecule has 0 aliphatic heterocycles. The van der Waals surface area contributed by atoms with Crippen LogP contribution in [0.4, 0.5) is 0 Å². The van der Waals surface area contributed by atoms with Gasteiger partial charge in [-0.1, -0.05) is 54.6 Å². The smallest absolute Gasteiger partial charge is 0.0912 e. The zero-order valence-electron chi connectivity index (χ0n) is 10.8. The van der Waals surface area contributed by atoms with Crippen LogP contribution in [0.15, 0.2) is 60.7 Å². The molecule has 0 saturated heterocycles. The summed E-state index contributed by atoms with van der Waals surface area (Å²) in [6, 6.07) is 21.3. The summed E-state index contributed by atoms with van der Waals surface area (Å²) in [5.74, 6) is 0. The quantitative estimate of drug-likeness (QED) is 0.341. The second-order valence-corrected chi connectivity index (χ2v) is 4.97. The van der Waals surface area contributed by atoms with Gasteiger partial charge in [-0.25, -0.2) is 0 Å². The van der Waals surface area contributed by atoms with Gasteiger partial charge in [-0.2, -0.15) is 5.26 Å². The van der Waals surface area contributed by atoms with Crippen molar-refractivity contribution in [3.05, 3.63) is 66.2 Å². The molecule has 0 N–H and O–H groups in total. The number of nitrogens with zero attached hydrogens (tertiary/aromatic N) is 1. The van der Waals surface area contributed by atoms with Crippen LogP contribution in [0, 0.1) is 11.3 Å². The molecule has 4 aromatic rings. The first-order chi connectivity index (χ1) is 9.88. The van der Waals surface area contributed by atoms with Crippen molar-refractivity contribution in [3.8, 4) is 6.07 Å². The van der Waals surface area contributed by atoms with Crippen molar-refractivity contribution in [2.45, 2.75) is 0 Å². The number of rotatable bonds is 1. The summed E-state index contributed by atoms with van der Waals surface area (Å²) in [5.41, 5.74) is 1.09. The summed E-state index contributed by atoms with van der Waals surface area (Å²) < 4.78 is 0. The van der Waals surface area contributed by atoms with Crippen molar-refractivity contribution in [1.82, 2.24) is 0 Å². The molecule has 1 nitrogen and oxygen atoms in total. The van der Waals surface area contributed by atoms with Gasteiger partial charge >= 0.3 is 0 Å². The van der Waals surface area contributed by atoms with E-state index in [1.807, 2.05) is 6.08 Å². The maximum Gasteiger partial charge on any atom is 0.0912 e. The molecule has 0 heterocycles. The van der Waals surface area contributed by atoms with Crippen molar-refractivity contribution in [1.29, 1.82) is 5.26 Å². The van der Waals surface area contributed by atoms with Gasteiger partial charge in [0.15, 0.2) is 0 Å². The predicted molar refractivity (Wildman–Crippen MR) is 84.8 cm³/mol. The van der Waals surface area contributed by atoms with Gasteiger partial charge in [0.05, 0.1) is 6.07 Å². The monoisotopic (exact) mass is 253 g/mol. The van der Waals surface area contributed by atoms with Gasteiger partial charge in [0.25, 0.3) is 0 Å². The van der Waals surface area contributed by atoms with Crippen LogP contribution in [0.3, 0.4) is 0 Å². The first-order valence-corrected chi connectivity index (χ1v) is 6.61. The van der Waals surface area contributed by atoms with E-state index in [-0.39, 0.29) is 0 Å². The fraction of sp³-hybridized carbons (Fsp3) is 0. The minimum atomic E-state index is 1.09. The molecule has 0 atom stereocenters. The lowest BCUT2D eigenvalue weighted by Crippen LogP contribution is -1.85. The summed E-state index contributed by atoms with van der Waals surface area (Å²) in [5, 5.41) is 16.3. The van der Waals surface area contributed by atoms with E-state index in [4.69, 9.17) is 5.26 Å². The third kappa shape index (κ3) is 1.42. The molecule has 0 bridgehead atoms. The van der Waals surface area contributed by atoms with Crippen LogP contribution < -0.4 is 0 Å². The van der Waals surface area contributed by atoms with E-state index in [0.717, 1.165) is 5.56 Å². The zero-order valence-corrected chi connectivity index (χ0v) is 10.8. The summed E-state index contributed by atoms with van der Waals surface area (Å²) in [6.07, 6.45) is 3.41. The average Bonchev–Trinajstić information content (AvgIpc) is 2.51. The molecule has 1 heteroatoms. The molecule has 0 radical (unpaired) electrons. The van der Waals surface area contributed by atoms with Crippen LogP contribution in [0.1, 0.15) is 5.56 Å². The normalized spacial score (nSPS) is 11.8. The molecule has 92 valence electrons. The molecule has 0 aliphatic rings. The van der Waals surface area contributed by atoms with Gasteiger partial charge in [-0.05, 0) is 44.0 Å². The molecule has 0 aromatic heterocycles. The van der Waals surface area contributed by atoms with Crippen molar-refractivity contribution < 1.29 is 0 Å². The van der Waals surface area contributed by atoms with E-state index in [1.54, 1.807) is 0 Å². The van der Waals surface area contributed by atoms with Gasteiger partial charge < -0.3 is 0 Å². The summed E-state index contributed by atoms with van der Waals surface area (Å²) in [4.78, 5) is 0. The third-order valence-electron chi connectivity index (χ3n) is 3.90. The Bertz CT molecular complexity index is 987. The van der Waals surface area contributed by atoms with Gasteiger partial charge in [0, 0.05) is 6.08 Å². The number of nitriles is 1. The standard InChI is InChI=1S/C19H11N/c20-12-2-5-13-6-7-16-9-8-14-3-1-4-15-10-11-17(13)19(16)18(14)15/h1-11H. The molecule has 20 heavy (non-hydrogen) atoms. The largest absolute Gasteiger partial charge is 0.193 e. The molecule has 4 aromatic carbocycles. The fourth-order valence-corrected chi connectivity index (χ4v) is 3.03. The molecule has 4 rings (SSSR count). The Hall–Kier alpha value is -2.85. The molecule has 0 fully saturated rings. The Kier molecular flexibility index (Phi) is 2.25. The fourth-order valence-electron chi connectivity index (χ4n) is 3.03. The van der Waals surface area contributed by atoms with Crippen molar-refractivity contribution >= 4 is 38.4 Å². The van der Waals surface area contributed by atoms with Crippen molar-refractivity contribution in [2.75, 3.05) is 0 Å². The first kappa shape index (κ1) is 11.0. The third-order valence-corrected chi connectivity index (χ3v) is 3.90. The molecular weight excluding hydrogens is 242 g/mol. The first-order valence-electron chi connectivity index (χ1n) is 6.61. The van der Waals surface area contributed by atoms with E-state index < -0.39 is 0 Å². The lowest BCUT2D eigenvalue weighted by atomic mass is 9.92. The Balaban J connectivity index is 2.26. The van der Waals surface area contributed by atoms with Crippen LogP contribution in [-0.4, -0.2) is 0 Å². The molecule has 0 amide bonds. The number of benzene rings is 4. The highest BCUT2D eigenvalue weighted by Gasteiger charge is 2.09. The van der Waals surface area contributed by atoms with Crippen LogP contribution in [0.25, 0.3) is 38.4 Å². The summed E-state index contributed by atoms with van der Waals surface area (Å²) in [7, 11) is 0. The topological polar surface area (TPSA) is 23.8 Å². The SMILES string of the molecule is N#CC=Cc1ccc2ccc3cccc4ccc1c2c34. The Morgan fingerprint density at radius 1 is 0.750 bits per heavy atom. The predicted octanol–water partition coefficient (Wildman–Crippen LogP) is 5.12. The second-order valence-electron chi connectivity index (χ2n) is 4.97. The Morgan fingerprint density at radius 2 is 1.40 bits per heavy atom. The van der Waals surface area contributed by atoms with E-state index >= 15 is 0 Å². The Labute approximate surface area is 116 Å². The van der Waals surface area contributed by atoms with Gasteiger partial charge in [-0.15, -0.1) is 0 Å². The van der Waals surface area contributed by atoms with Gasteiger partial charge in [0.2, 0.25) is 0 Å². The summed E-state index contributed by atoms with van der Waals surface area (Å²) in [6.45, 7) is 0. The summed E-state index contributed by atoms with van der Waals surface area (Å²) >= 11 is 0. The molecule has 0 aliphatic carbocycles. The number of hydrogen-bond acceptors (Lipinski definition) is 1. The maximum absolute atomic E-state index is 8.73. The highest BCUT2D eigenvalue weighted by Crippen LogP contribution is 2.36. The second kappa shape index (κ2) is 4.08.